The molecule has 5 heteroatoms. The first kappa shape index (κ1) is 20.1. The van der Waals surface area contributed by atoms with E-state index >= 15 is 0 Å². The Bertz CT molecular complexity index is 743. The average molecular weight is 380 g/mol. The van der Waals surface area contributed by atoms with Crippen molar-refractivity contribution in [1.82, 2.24) is 16.0 Å². The SMILES string of the molecule is O=C(N[C@H](Cc1ccccc1)C(=O)NCC[C@H]1CCCNC1)c1ccccc1. The summed E-state index contributed by atoms with van der Waals surface area (Å²) in [5.41, 5.74) is 1.58. The molecule has 5 nitrogen and oxygen atoms in total. The molecule has 0 spiro atoms. The van der Waals surface area contributed by atoms with E-state index in [4.69, 9.17) is 0 Å². The summed E-state index contributed by atoms with van der Waals surface area (Å²) in [5.74, 6) is 0.255. The van der Waals surface area contributed by atoms with Gasteiger partial charge in [-0.25, -0.2) is 0 Å². The molecule has 1 aliphatic rings. The largest absolute Gasteiger partial charge is 0.354 e. The molecule has 0 aliphatic carbocycles. The van der Waals surface area contributed by atoms with Crippen molar-refractivity contribution < 1.29 is 9.59 Å². The molecule has 3 N–H and O–H groups in total. The maximum Gasteiger partial charge on any atom is 0.251 e. The van der Waals surface area contributed by atoms with Crippen molar-refractivity contribution in [3.8, 4) is 0 Å². The number of hydrogen-bond donors (Lipinski definition) is 3. The van der Waals surface area contributed by atoms with Gasteiger partial charge in [0.15, 0.2) is 0 Å². The fourth-order valence-electron chi connectivity index (χ4n) is 3.58. The van der Waals surface area contributed by atoms with Crippen LogP contribution in [0.1, 0.15) is 35.2 Å². The molecule has 2 aromatic carbocycles. The number of carbonyl (C=O) groups is 2. The molecule has 1 heterocycles. The zero-order valence-corrected chi connectivity index (χ0v) is 16.2. The van der Waals surface area contributed by atoms with Crippen LogP contribution in [0.15, 0.2) is 60.7 Å². The van der Waals surface area contributed by atoms with Gasteiger partial charge in [-0.1, -0.05) is 48.5 Å². The predicted molar refractivity (Wildman–Crippen MR) is 111 cm³/mol. The number of rotatable bonds is 8. The molecule has 28 heavy (non-hydrogen) atoms. The van der Waals surface area contributed by atoms with E-state index < -0.39 is 6.04 Å². The molecule has 2 amide bonds. The van der Waals surface area contributed by atoms with E-state index in [9.17, 15) is 9.59 Å². The van der Waals surface area contributed by atoms with Crippen LogP contribution >= 0.6 is 0 Å². The second kappa shape index (κ2) is 10.6. The Morgan fingerprint density at radius 2 is 1.75 bits per heavy atom. The normalized spacial score (nSPS) is 17.5. The molecule has 2 aromatic rings. The molecule has 148 valence electrons. The van der Waals surface area contributed by atoms with Gasteiger partial charge in [-0.15, -0.1) is 0 Å². The summed E-state index contributed by atoms with van der Waals surface area (Å²) in [6.07, 6.45) is 3.84. The summed E-state index contributed by atoms with van der Waals surface area (Å²) in [4.78, 5) is 25.4. The molecule has 1 fully saturated rings. The Hall–Kier alpha value is -2.66. The minimum absolute atomic E-state index is 0.128. The topological polar surface area (TPSA) is 70.2 Å². The molecule has 3 rings (SSSR count). The van der Waals surface area contributed by atoms with Crippen molar-refractivity contribution in [2.75, 3.05) is 19.6 Å². The van der Waals surface area contributed by atoms with E-state index in [1.54, 1.807) is 12.1 Å². The summed E-state index contributed by atoms with van der Waals surface area (Å²) in [6, 6.07) is 18.2. The fourth-order valence-corrected chi connectivity index (χ4v) is 3.58. The highest BCUT2D eigenvalue weighted by Crippen LogP contribution is 2.13. The van der Waals surface area contributed by atoms with E-state index in [-0.39, 0.29) is 11.8 Å². The fraction of sp³-hybridized carbons (Fsp3) is 0.391. The van der Waals surface area contributed by atoms with E-state index in [1.165, 1.54) is 12.8 Å². The van der Waals surface area contributed by atoms with Crippen LogP contribution < -0.4 is 16.0 Å². The van der Waals surface area contributed by atoms with Crippen molar-refractivity contribution in [3.05, 3.63) is 71.8 Å². The number of hydrogen-bond acceptors (Lipinski definition) is 3. The second-order valence-electron chi connectivity index (χ2n) is 7.37. The molecule has 1 aliphatic heterocycles. The van der Waals surface area contributed by atoms with Crippen LogP contribution in [0.2, 0.25) is 0 Å². The molecule has 2 atom stereocenters. The summed E-state index contributed by atoms with van der Waals surface area (Å²) >= 11 is 0. The Morgan fingerprint density at radius 3 is 2.43 bits per heavy atom. The first-order valence-corrected chi connectivity index (χ1v) is 10.1. The molecular formula is C23H29N3O2. The van der Waals surface area contributed by atoms with Crippen LogP contribution in [0, 0.1) is 5.92 Å². The highest BCUT2D eigenvalue weighted by Gasteiger charge is 2.22. The zero-order chi connectivity index (χ0) is 19.6. The maximum absolute atomic E-state index is 12.8. The van der Waals surface area contributed by atoms with E-state index in [0.717, 1.165) is 25.1 Å². The van der Waals surface area contributed by atoms with E-state index in [1.807, 2.05) is 48.5 Å². The quantitative estimate of drug-likeness (QED) is 0.660. The van der Waals surface area contributed by atoms with E-state index in [2.05, 4.69) is 16.0 Å². The molecule has 0 saturated carbocycles. The lowest BCUT2D eigenvalue weighted by Gasteiger charge is -2.23. The van der Waals surface area contributed by atoms with Crippen LogP contribution in [-0.2, 0) is 11.2 Å². The third-order valence-corrected chi connectivity index (χ3v) is 5.19. The van der Waals surface area contributed by atoms with Crippen LogP contribution in [0.4, 0.5) is 0 Å². The molecule has 0 aromatic heterocycles. The maximum atomic E-state index is 12.8. The first-order chi connectivity index (χ1) is 13.7. The third kappa shape index (κ3) is 6.20. The highest BCUT2D eigenvalue weighted by atomic mass is 16.2. The molecular weight excluding hydrogens is 350 g/mol. The molecule has 0 unspecified atom stereocenters. The van der Waals surface area contributed by atoms with Gasteiger partial charge in [0.1, 0.15) is 6.04 Å². The summed E-state index contributed by atoms with van der Waals surface area (Å²) in [5, 5.41) is 9.34. The Kier molecular flexibility index (Phi) is 7.62. The molecule has 0 bridgehead atoms. The number of piperidine rings is 1. The predicted octanol–water partition coefficient (Wildman–Crippen LogP) is 2.53. The highest BCUT2D eigenvalue weighted by molar-refractivity contribution is 5.97. The number of nitrogens with one attached hydrogen (secondary N) is 3. The number of benzene rings is 2. The van der Waals surface area contributed by atoms with Crippen LogP contribution in [-0.4, -0.2) is 37.5 Å². The van der Waals surface area contributed by atoms with Gasteiger partial charge in [0.2, 0.25) is 5.91 Å². The van der Waals surface area contributed by atoms with Crippen LogP contribution in [0.3, 0.4) is 0 Å². The summed E-state index contributed by atoms with van der Waals surface area (Å²) < 4.78 is 0. The molecule has 0 radical (unpaired) electrons. The lowest BCUT2D eigenvalue weighted by molar-refractivity contribution is -0.123. The minimum Gasteiger partial charge on any atom is -0.354 e. The van der Waals surface area contributed by atoms with Gasteiger partial charge in [0.25, 0.3) is 5.91 Å². The average Bonchev–Trinajstić information content (AvgIpc) is 2.75. The smallest absolute Gasteiger partial charge is 0.251 e. The van der Waals surface area contributed by atoms with Crippen molar-refractivity contribution in [1.29, 1.82) is 0 Å². The van der Waals surface area contributed by atoms with Crippen molar-refractivity contribution in [3.63, 3.8) is 0 Å². The molecule has 1 saturated heterocycles. The van der Waals surface area contributed by atoms with Crippen LogP contribution in [0.25, 0.3) is 0 Å². The summed E-state index contributed by atoms with van der Waals surface area (Å²) in [6.45, 7) is 2.75. The van der Waals surface area contributed by atoms with Crippen molar-refractivity contribution >= 4 is 11.8 Å². The van der Waals surface area contributed by atoms with Gasteiger partial charge < -0.3 is 16.0 Å². The summed E-state index contributed by atoms with van der Waals surface area (Å²) in [7, 11) is 0. The standard InChI is InChI=1S/C23H29N3O2/c27-22(20-11-5-2-6-12-20)26-21(16-18-8-3-1-4-9-18)23(28)25-15-13-19-10-7-14-24-17-19/h1-6,8-9,11-12,19,21,24H,7,10,13-17H2,(H,25,28)(H,26,27)/t19-,21-/m1/s1. The van der Waals surface area contributed by atoms with Gasteiger partial charge in [-0.3, -0.25) is 9.59 Å². The number of amides is 2. The van der Waals surface area contributed by atoms with Gasteiger partial charge in [0, 0.05) is 18.5 Å². The van der Waals surface area contributed by atoms with Gasteiger partial charge in [-0.2, -0.15) is 0 Å². The first-order valence-electron chi connectivity index (χ1n) is 10.1. The Balaban J connectivity index is 1.59. The lowest BCUT2D eigenvalue weighted by Crippen LogP contribution is -2.48. The Morgan fingerprint density at radius 1 is 1.04 bits per heavy atom. The van der Waals surface area contributed by atoms with Crippen molar-refractivity contribution in [2.45, 2.75) is 31.7 Å². The van der Waals surface area contributed by atoms with Gasteiger partial charge in [-0.05, 0) is 56.0 Å². The number of carbonyl (C=O) groups excluding carboxylic acids is 2. The second-order valence-corrected chi connectivity index (χ2v) is 7.37. The van der Waals surface area contributed by atoms with Crippen LogP contribution in [0.5, 0.6) is 0 Å². The third-order valence-electron chi connectivity index (χ3n) is 5.19. The van der Waals surface area contributed by atoms with Gasteiger partial charge in [0.05, 0.1) is 0 Å². The van der Waals surface area contributed by atoms with E-state index in [0.29, 0.717) is 24.4 Å². The monoisotopic (exact) mass is 379 g/mol. The van der Waals surface area contributed by atoms with Gasteiger partial charge >= 0.3 is 0 Å². The zero-order valence-electron chi connectivity index (χ0n) is 16.2. The lowest BCUT2D eigenvalue weighted by atomic mass is 9.96. The Labute approximate surface area is 166 Å². The van der Waals surface area contributed by atoms with Crippen molar-refractivity contribution in [2.24, 2.45) is 5.92 Å². The minimum atomic E-state index is -0.598.